The summed E-state index contributed by atoms with van der Waals surface area (Å²) in [7, 11) is 0. The van der Waals surface area contributed by atoms with Crippen molar-refractivity contribution in [2.45, 2.75) is 20.3 Å². The number of anilines is 1. The second kappa shape index (κ2) is 4.13. The third kappa shape index (κ3) is 2.76. The minimum absolute atomic E-state index is 0.348. The van der Waals surface area contributed by atoms with E-state index in [4.69, 9.17) is 0 Å². The summed E-state index contributed by atoms with van der Waals surface area (Å²) in [5.74, 6) is -1.30. The van der Waals surface area contributed by atoms with Gasteiger partial charge in [-0.05, 0) is 26.0 Å². The molecule has 0 fully saturated rings. The van der Waals surface area contributed by atoms with Crippen LogP contribution >= 0.6 is 0 Å². The summed E-state index contributed by atoms with van der Waals surface area (Å²) in [5, 5.41) is 2.09. The Bertz CT molecular complexity index is 332. The van der Waals surface area contributed by atoms with Crippen LogP contribution in [0.3, 0.4) is 0 Å². The molecule has 14 heavy (non-hydrogen) atoms. The molecular weight excluding hydrogens is 190 g/mol. The van der Waals surface area contributed by atoms with E-state index in [0.29, 0.717) is 17.1 Å². The maximum absolute atomic E-state index is 11.9. The molecule has 1 aromatic heterocycles. The highest BCUT2D eigenvalue weighted by atomic mass is 19.3. The minimum Gasteiger partial charge on any atom is -0.321 e. The number of hydrogen-bond acceptors (Lipinski definition) is 2. The molecule has 0 spiro atoms. The van der Waals surface area contributed by atoms with Gasteiger partial charge in [-0.25, -0.2) is 0 Å². The number of nitrogens with one attached hydrogen (secondary N) is 1. The van der Waals surface area contributed by atoms with Gasteiger partial charge in [0.15, 0.2) is 0 Å². The predicted molar refractivity (Wildman–Crippen MR) is 48.3 cm³/mol. The van der Waals surface area contributed by atoms with Crippen molar-refractivity contribution < 1.29 is 13.6 Å². The van der Waals surface area contributed by atoms with Gasteiger partial charge in [-0.1, -0.05) is 0 Å². The van der Waals surface area contributed by atoms with Gasteiger partial charge in [0, 0.05) is 17.1 Å². The van der Waals surface area contributed by atoms with Crippen LogP contribution in [-0.2, 0) is 4.79 Å². The quantitative estimate of drug-likeness (QED) is 0.792. The van der Waals surface area contributed by atoms with E-state index in [1.165, 1.54) is 12.1 Å². The molecule has 0 saturated carbocycles. The molecule has 1 aromatic rings. The van der Waals surface area contributed by atoms with Gasteiger partial charge in [0.05, 0.1) is 0 Å². The lowest BCUT2D eigenvalue weighted by atomic mass is 10.3. The van der Waals surface area contributed by atoms with E-state index in [1.54, 1.807) is 13.8 Å². The lowest BCUT2D eigenvalue weighted by Crippen LogP contribution is -2.20. The number of alkyl halides is 2. The van der Waals surface area contributed by atoms with E-state index in [2.05, 4.69) is 10.3 Å². The second-order valence-corrected chi connectivity index (χ2v) is 2.93. The van der Waals surface area contributed by atoms with Gasteiger partial charge < -0.3 is 5.32 Å². The predicted octanol–water partition coefficient (Wildman–Crippen LogP) is 1.90. The van der Waals surface area contributed by atoms with E-state index in [-0.39, 0.29) is 0 Å². The number of halogens is 2. The molecule has 1 N–H and O–H groups in total. The zero-order valence-corrected chi connectivity index (χ0v) is 7.84. The van der Waals surface area contributed by atoms with E-state index >= 15 is 0 Å². The molecule has 0 aliphatic rings. The summed E-state index contributed by atoms with van der Waals surface area (Å²) in [6.45, 7) is 3.45. The third-order valence-electron chi connectivity index (χ3n) is 1.55. The number of carbonyl (C=O) groups is 1. The van der Waals surface area contributed by atoms with Crippen LogP contribution in [0.1, 0.15) is 11.4 Å². The number of carbonyl (C=O) groups excluding carboxylic acids is 1. The number of hydrogen-bond donors (Lipinski definition) is 1. The van der Waals surface area contributed by atoms with Gasteiger partial charge in [-0.3, -0.25) is 9.78 Å². The Kier molecular flexibility index (Phi) is 3.11. The van der Waals surface area contributed by atoms with E-state index in [0.717, 1.165) is 0 Å². The standard InChI is InChI=1S/C9H10F2N2O/c1-5-3-7(4-6(2)12-5)13-9(14)8(10)11/h3-4,8H,1-2H3,(H,12,13,14). The van der Waals surface area contributed by atoms with Gasteiger partial charge in [0.2, 0.25) is 0 Å². The lowest BCUT2D eigenvalue weighted by molar-refractivity contribution is -0.126. The number of nitrogens with zero attached hydrogens (tertiary/aromatic N) is 1. The molecule has 1 rings (SSSR count). The first-order chi connectivity index (χ1) is 6.49. The molecule has 1 heterocycles. The zero-order valence-electron chi connectivity index (χ0n) is 7.84. The molecule has 0 bridgehead atoms. The van der Waals surface area contributed by atoms with Crippen molar-refractivity contribution in [3.8, 4) is 0 Å². The van der Waals surface area contributed by atoms with E-state index < -0.39 is 12.3 Å². The average molecular weight is 200 g/mol. The summed E-state index contributed by atoms with van der Waals surface area (Å²) in [5.41, 5.74) is 1.70. The maximum Gasteiger partial charge on any atom is 0.315 e. The van der Waals surface area contributed by atoms with Crippen molar-refractivity contribution in [3.05, 3.63) is 23.5 Å². The molecule has 76 valence electrons. The zero-order chi connectivity index (χ0) is 10.7. The normalized spacial score (nSPS) is 10.4. The Hall–Kier alpha value is -1.52. The summed E-state index contributed by atoms with van der Waals surface area (Å²) in [4.78, 5) is 14.7. The monoisotopic (exact) mass is 200 g/mol. The number of aromatic nitrogens is 1. The van der Waals surface area contributed by atoms with Crippen LogP contribution in [0.2, 0.25) is 0 Å². The van der Waals surface area contributed by atoms with Crippen LogP contribution in [0.5, 0.6) is 0 Å². The van der Waals surface area contributed by atoms with E-state index in [9.17, 15) is 13.6 Å². The second-order valence-electron chi connectivity index (χ2n) is 2.93. The van der Waals surface area contributed by atoms with E-state index in [1.807, 2.05) is 0 Å². The minimum atomic E-state index is -3.00. The molecular formula is C9H10F2N2O. The molecule has 1 amide bonds. The number of amides is 1. The Labute approximate surface area is 80.2 Å². The Morgan fingerprint density at radius 1 is 1.36 bits per heavy atom. The van der Waals surface area contributed by atoms with Gasteiger partial charge in [0.25, 0.3) is 5.91 Å². The summed E-state index contributed by atoms with van der Waals surface area (Å²) in [6.07, 6.45) is -3.00. The number of rotatable bonds is 2. The molecule has 0 radical (unpaired) electrons. The van der Waals surface area contributed by atoms with Crippen LogP contribution < -0.4 is 5.32 Å². The Balaban J connectivity index is 2.82. The number of aryl methyl sites for hydroxylation is 2. The lowest BCUT2D eigenvalue weighted by Gasteiger charge is -2.05. The smallest absolute Gasteiger partial charge is 0.315 e. The highest BCUT2D eigenvalue weighted by Gasteiger charge is 2.15. The summed E-state index contributed by atoms with van der Waals surface area (Å²) < 4.78 is 23.8. The van der Waals surface area contributed by atoms with Crippen LogP contribution in [0.4, 0.5) is 14.5 Å². The van der Waals surface area contributed by atoms with Crippen molar-refractivity contribution in [2.24, 2.45) is 0 Å². The van der Waals surface area contributed by atoms with Crippen molar-refractivity contribution in [1.82, 2.24) is 4.98 Å². The maximum atomic E-state index is 11.9. The van der Waals surface area contributed by atoms with Gasteiger partial charge in [0.1, 0.15) is 0 Å². The molecule has 5 heteroatoms. The molecule has 3 nitrogen and oxygen atoms in total. The van der Waals surface area contributed by atoms with Gasteiger partial charge >= 0.3 is 6.43 Å². The molecule has 0 aliphatic carbocycles. The Morgan fingerprint density at radius 2 is 1.86 bits per heavy atom. The third-order valence-corrected chi connectivity index (χ3v) is 1.55. The van der Waals surface area contributed by atoms with Crippen molar-refractivity contribution in [3.63, 3.8) is 0 Å². The number of pyridine rings is 1. The first-order valence-electron chi connectivity index (χ1n) is 4.03. The fraction of sp³-hybridized carbons (Fsp3) is 0.333. The molecule has 0 atom stereocenters. The average Bonchev–Trinajstić information content (AvgIpc) is 2.01. The fourth-order valence-electron chi connectivity index (χ4n) is 1.10. The van der Waals surface area contributed by atoms with Crippen LogP contribution in [0.15, 0.2) is 12.1 Å². The van der Waals surface area contributed by atoms with Crippen molar-refractivity contribution in [1.29, 1.82) is 0 Å². The van der Waals surface area contributed by atoms with Gasteiger partial charge in [-0.2, -0.15) is 8.78 Å². The molecule has 0 saturated heterocycles. The first kappa shape index (κ1) is 10.6. The van der Waals surface area contributed by atoms with Crippen LogP contribution in [0.25, 0.3) is 0 Å². The van der Waals surface area contributed by atoms with Crippen molar-refractivity contribution in [2.75, 3.05) is 5.32 Å². The highest BCUT2D eigenvalue weighted by Crippen LogP contribution is 2.11. The topological polar surface area (TPSA) is 42.0 Å². The van der Waals surface area contributed by atoms with Crippen LogP contribution in [0, 0.1) is 13.8 Å². The SMILES string of the molecule is Cc1cc(NC(=O)C(F)F)cc(C)n1. The summed E-state index contributed by atoms with van der Waals surface area (Å²) >= 11 is 0. The van der Waals surface area contributed by atoms with Crippen LogP contribution in [-0.4, -0.2) is 17.3 Å². The molecule has 0 aliphatic heterocycles. The highest BCUT2D eigenvalue weighted by molar-refractivity contribution is 5.93. The molecule has 0 unspecified atom stereocenters. The van der Waals surface area contributed by atoms with Crippen molar-refractivity contribution >= 4 is 11.6 Å². The Morgan fingerprint density at radius 3 is 2.29 bits per heavy atom. The largest absolute Gasteiger partial charge is 0.321 e. The first-order valence-corrected chi connectivity index (χ1v) is 4.03. The summed E-state index contributed by atoms with van der Waals surface area (Å²) in [6, 6.07) is 3.07. The fourth-order valence-corrected chi connectivity index (χ4v) is 1.10. The molecule has 0 aromatic carbocycles. The van der Waals surface area contributed by atoms with Gasteiger partial charge in [-0.15, -0.1) is 0 Å².